The van der Waals surface area contributed by atoms with E-state index >= 15 is 0 Å². The Bertz CT molecular complexity index is 2350. The highest BCUT2D eigenvalue weighted by Gasteiger charge is 2.39. The maximum Gasteiger partial charge on any atom is 0.255 e. The zero-order valence-corrected chi connectivity index (χ0v) is 34.5. The molecule has 1 atom stereocenters. The fraction of sp³-hybridized carbons (Fsp3) is 0.383. The average Bonchev–Trinajstić information content (AvgIpc) is 3.78. The monoisotopic (exact) mass is 829 g/mol. The lowest BCUT2D eigenvalue weighted by Gasteiger charge is -2.36. The van der Waals surface area contributed by atoms with Gasteiger partial charge in [-0.25, -0.2) is 0 Å². The number of piperidine rings is 2. The Morgan fingerprint density at radius 3 is 2.13 bits per heavy atom. The third-order valence-corrected chi connectivity index (χ3v) is 13.7. The van der Waals surface area contributed by atoms with Crippen LogP contribution in [0.2, 0.25) is 0 Å². The molecule has 5 heterocycles. The van der Waals surface area contributed by atoms with Gasteiger partial charge in [-0.05, 0) is 147 Å². The van der Waals surface area contributed by atoms with Gasteiger partial charge in [-0.15, -0.1) is 11.3 Å². The molecular formula is C47H51N5O7S. The number of phenols is 2. The first-order valence-electron chi connectivity index (χ1n) is 21.1. The van der Waals surface area contributed by atoms with Crippen molar-refractivity contribution in [2.45, 2.75) is 50.6 Å². The van der Waals surface area contributed by atoms with Gasteiger partial charge in [-0.1, -0.05) is 12.1 Å². The number of ether oxygens (including phenoxy) is 2. The minimum absolute atomic E-state index is 0.113. The zero-order chi connectivity index (χ0) is 41.2. The first kappa shape index (κ1) is 40.0. The van der Waals surface area contributed by atoms with Crippen molar-refractivity contribution in [2.75, 3.05) is 65.5 Å². The van der Waals surface area contributed by atoms with Gasteiger partial charge in [0.05, 0.1) is 4.88 Å². The van der Waals surface area contributed by atoms with E-state index in [1.54, 1.807) is 29.2 Å². The summed E-state index contributed by atoms with van der Waals surface area (Å²) in [7, 11) is 0. The van der Waals surface area contributed by atoms with Crippen molar-refractivity contribution in [1.29, 1.82) is 0 Å². The summed E-state index contributed by atoms with van der Waals surface area (Å²) < 4.78 is 13.5. The second kappa shape index (κ2) is 17.6. The predicted octanol–water partition coefficient (Wildman–Crippen LogP) is 6.80. The number of carbonyl (C=O) groups excluding carboxylic acids is 3. The van der Waals surface area contributed by atoms with E-state index in [0.717, 1.165) is 110 Å². The van der Waals surface area contributed by atoms with E-state index in [9.17, 15) is 24.6 Å². The number of benzene rings is 4. The summed E-state index contributed by atoms with van der Waals surface area (Å²) in [4.78, 5) is 47.4. The van der Waals surface area contributed by atoms with Gasteiger partial charge >= 0.3 is 0 Å². The Hall–Kier alpha value is -5.47. The zero-order valence-electron chi connectivity index (χ0n) is 33.7. The van der Waals surface area contributed by atoms with Gasteiger partial charge in [0.15, 0.2) is 5.75 Å². The van der Waals surface area contributed by atoms with E-state index in [1.807, 2.05) is 48.5 Å². The molecule has 1 aromatic heterocycles. The van der Waals surface area contributed by atoms with Crippen molar-refractivity contribution in [3.8, 4) is 39.2 Å². The van der Waals surface area contributed by atoms with Crippen molar-refractivity contribution in [3.63, 3.8) is 0 Å². The normalized spacial score (nSPS) is 19.5. The number of thiophene rings is 1. The summed E-state index contributed by atoms with van der Waals surface area (Å²) in [6, 6.07) is 25.7. The van der Waals surface area contributed by atoms with Crippen LogP contribution in [-0.2, 0) is 16.1 Å². The molecule has 3 fully saturated rings. The highest BCUT2D eigenvalue weighted by molar-refractivity contribution is 7.22. The number of phenolic OH excluding ortho intramolecular Hbond substituents is 2. The summed E-state index contributed by atoms with van der Waals surface area (Å²) >= 11 is 1.54. The van der Waals surface area contributed by atoms with E-state index in [2.05, 4.69) is 32.1 Å². The van der Waals surface area contributed by atoms with Crippen LogP contribution in [0.15, 0.2) is 84.9 Å². The Morgan fingerprint density at radius 2 is 1.40 bits per heavy atom. The SMILES string of the molecule is O=C1CCC(N2Cc3cc(C4CCN(CCCN5CCN(CCOc6ccc(Oc7c(-c8ccc(O)cc8)sc8cc(O)ccc78)cc6)CC5)CC4)ccc3C2=O)C(=O)N1. The molecule has 4 aliphatic rings. The summed E-state index contributed by atoms with van der Waals surface area (Å²) in [5.74, 6) is 2.33. The average molecular weight is 830 g/mol. The van der Waals surface area contributed by atoms with Gasteiger partial charge < -0.3 is 34.4 Å². The lowest BCUT2D eigenvalue weighted by molar-refractivity contribution is -0.136. The van der Waals surface area contributed by atoms with Gasteiger partial charge in [-0.2, -0.15) is 0 Å². The third kappa shape index (κ3) is 8.85. The fourth-order valence-corrected chi connectivity index (χ4v) is 10.2. The molecule has 5 aromatic rings. The highest BCUT2D eigenvalue weighted by atomic mass is 32.1. The standard InChI is InChI=1S/C47H51N5O7S/c53-35-5-2-32(3-6-35)45-44(40-13-7-36(54)29-42(40)60-45)59-38-10-8-37(9-11-38)58-27-26-51-24-22-50(23-25-51)19-1-18-49-20-16-31(17-21-49)33-4-12-39-34(28-33)30-52(47(39)57)41-14-15-43(55)48-46(41)56/h2-13,28-29,31,41,53-54H,1,14-27,30H2,(H,48,55,56). The molecule has 0 radical (unpaired) electrons. The molecule has 60 heavy (non-hydrogen) atoms. The summed E-state index contributed by atoms with van der Waals surface area (Å²) in [6.45, 7) is 10.5. The lowest BCUT2D eigenvalue weighted by Crippen LogP contribution is -2.52. The molecule has 0 saturated carbocycles. The first-order valence-corrected chi connectivity index (χ1v) is 22.0. The number of carbonyl (C=O) groups is 3. The van der Waals surface area contributed by atoms with Crippen LogP contribution >= 0.6 is 11.3 Å². The van der Waals surface area contributed by atoms with Gasteiger partial charge in [0.2, 0.25) is 11.8 Å². The summed E-state index contributed by atoms with van der Waals surface area (Å²) in [5, 5.41) is 23.2. The van der Waals surface area contributed by atoms with Gasteiger partial charge in [0.1, 0.15) is 35.6 Å². The number of piperazine rings is 1. The number of amides is 3. The van der Waals surface area contributed by atoms with Crippen molar-refractivity contribution in [1.82, 2.24) is 24.9 Å². The maximum atomic E-state index is 13.1. The van der Waals surface area contributed by atoms with Gasteiger partial charge in [-0.3, -0.25) is 24.6 Å². The molecule has 0 spiro atoms. The van der Waals surface area contributed by atoms with Crippen molar-refractivity contribution >= 4 is 39.1 Å². The maximum absolute atomic E-state index is 13.1. The predicted molar refractivity (Wildman–Crippen MR) is 231 cm³/mol. The van der Waals surface area contributed by atoms with E-state index < -0.39 is 6.04 Å². The molecule has 4 aliphatic heterocycles. The van der Waals surface area contributed by atoms with Crippen LogP contribution in [0.3, 0.4) is 0 Å². The molecule has 3 amide bonds. The number of likely N-dealkylation sites (tertiary alicyclic amines) is 1. The molecular weight excluding hydrogens is 779 g/mol. The number of hydrogen-bond donors (Lipinski definition) is 3. The van der Waals surface area contributed by atoms with Crippen LogP contribution in [0.5, 0.6) is 28.7 Å². The molecule has 13 heteroatoms. The second-order valence-electron chi connectivity index (χ2n) is 16.4. The van der Waals surface area contributed by atoms with Gasteiger partial charge in [0, 0.05) is 61.3 Å². The van der Waals surface area contributed by atoms with E-state index in [1.165, 1.54) is 16.9 Å². The second-order valence-corrected chi connectivity index (χ2v) is 17.4. The molecule has 12 nitrogen and oxygen atoms in total. The van der Waals surface area contributed by atoms with Crippen LogP contribution in [0.4, 0.5) is 0 Å². The van der Waals surface area contributed by atoms with Crippen LogP contribution < -0.4 is 14.8 Å². The fourth-order valence-electron chi connectivity index (χ4n) is 9.07. The van der Waals surface area contributed by atoms with E-state index in [0.29, 0.717) is 42.6 Å². The molecule has 9 rings (SSSR count). The largest absolute Gasteiger partial charge is 0.508 e. The topological polar surface area (TPSA) is 135 Å². The quantitative estimate of drug-likeness (QED) is 0.109. The molecule has 0 bridgehead atoms. The molecule has 3 N–H and O–H groups in total. The first-order chi connectivity index (χ1) is 29.2. The van der Waals surface area contributed by atoms with Crippen molar-refractivity contribution in [2.24, 2.45) is 0 Å². The minimum Gasteiger partial charge on any atom is -0.508 e. The molecule has 312 valence electrons. The summed E-state index contributed by atoms with van der Waals surface area (Å²) in [6.07, 6.45) is 4.01. The van der Waals surface area contributed by atoms with Crippen LogP contribution in [-0.4, -0.2) is 119 Å². The minimum atomic E-state index is -0.579. The van der Waals surface area contributed by atoms with Crippen LogP contribution in [0.25, 0.3) is 20.5 Å². The third-order valence-electron chi connectivity index (χ3n) is 12.5. The number of hydrogen-bond acceptors (Lipinski definition) is 11. The highest BCUT2D eigenvalue weighted by Crippen LogP contribution is 2.47. The van der Waals surface area contributed by atoms with Crippen molar-refractivity contribution < 1.29 is 34.1 Å². The number of nitrogens with one attached hydrogen (secondary N) is 1. The number of nitrogens with zero attached hydrogens (tertiary/aromatic N) is 4. The van der Waals surface area contributed by atoms with Crippen LogP contribution in [0, 0.1) is 0 Å². The molecule has 0 aliphatic carbocycles. The number of rotatable bonds is 13. The number of aromatic hydroxyl groups is 2. The van der Waals surface area contributed by atoms with E-state index in [4.69, 9.17) is 9.47 Å². The van der Waals surface area contributed by atoms with E-state index in [-0.39, 0.29) is 35.6 Å². The van der Waals surface area contributed by atoms with Crippen LogP contribution in [0.1, 0.15) is 59.5 Å². The number of fused-ring (bicyclic) bond motifs is 2. The Morgan fingerprint density at radius 1 is 0.717 bits per heavy atom. The molecule has 4 aromatic carbocycles. The van der Waals surface area contributed by atoms with Gasteiger partial charge in [0.25, 0.3) is 5.91 Å². The molecule has 3 saturated heterocycles. The lowest BCUT2D eigenvalue weighted by atomic mass is 9.88. The van der Waals surface area contributed by atoms with Crippen molar-refractivity contribution in [3.05, 3.63) is 102 Å². The summed E-state index contributed by atoms with van der Waals surface area (Å²) in [5.41, 5.74) is 3.88. The Kier molecular flexibility index (Phi) is 11.7. The number of imide groups is 1. The Balaban J connectivity index is 0.673. The smallest absolute Gasteiger partial charge is 0.255 e. The Labute approximate surface area is 353 Å². The molecule has 1 unspecified atom stereocenters.